The Labute approximate surface area is 155 Å². The van der Waals surface area contributed by atoms with Crippen LogP contribution in [0.2, 0.25) is 0 Å². The molecule has 1 aliphatic heterocycles. The van der Waals surface area contributed by atoms with E-state index in [0.29, 0.717) is 0 Å². The van der Waals surface area contributed by atoms with Gasteiger partial charge in [0.2, 0.25) is 5.91 Å². The van der Waals surface area contributed by atoms with E-state index in [2.05, 4.69) is 23.8 Å². The summed E-state index contributed by atoms with van der Waals surface area (Å²) in [5.74, 6) is 2.30. The first-order valence-electron chi connectivity index (χ1n) is 9.65. The number of carbonyl (C=O) groups excluding carboxylic acids is 1. The van der Waals surface area contributed by atoms with Gasteiger partial charge >= 0.3 is 0 Å². The first kappa shape index (κ1) is 18.5. The fraction of sp³-hybridized carbons (Fsp3) is 0.600. The third kappa shape index (κ3) is 3.79. The molecule has 26 heavy (non-hydrogen) atoms. The number of rotatable bonds is 5. The molecule has 0 saturated carbocycles. The van der Waals surface area contributed by atoms with Crippen molar-refractivity contribution >= 4 is 5.91 Å². The minimum atomic E-state index is 0.135. The highest BCUT2D eigenvalue weighted by Gasteiger charge is 2.29. The molecule has 2 aromatic heterocycles. The molecular weight excluding hydrogens is 326 g/mol. The average Bonchev–Trinajstić information content (AvgIpc) is 3.08. The van der Waals surface area contributed by atoms with Gasteiger partial charge in [0.15, 0.2) is 5.82 Å². The van der Waals surface area contributed by atoms with Crippen LogP contribution in [-0.2, 0) is 11.8 Å². The van der Waals surface area contributed by atoms with Gasteiger partial charge in [-0.1, -0.05) is 13.8 Å². The van der Waals surface area contributed by atoms with Crippen molar-refractivity contribution in [1.29, 1.82) is 0 Å². The monoisotopic (exact) mass is 355 g/mol. The first-order chi connectivity index (χ1) is 12.5. The number of hydrogen-bond donors (Lipinski definition) is 0. The third-order valence-electron chi connectivity index (χ3n) is 5.35. The van der Waals surface area contributed by atoms with Gasteiger partial charge in [-0.3, -0.25) is 4.79 Å². The summed E-state index contributed by atoms with van der Waals surface area (Å²) in [6.07, 6.45) is 7.54. The summed E-state index contributed by atoms with van der Waals surface area (Å²) in [7, 11) is 1.97. The highest BCUT2D eigenvalue weighted by molar-refractivity contribution is 5.78. The van der Waals surface area contributed by atoms with Gasteiger partial charge in [0.05, 0.1) is 0 Å². The molecule has 1 unspecified atom stereocenters. The molecule has 3 heterocycles. The van der Waals surface area contributed by atoms with Gasteiger partial charge in [0.1, 0.15) is 11.5 Å². The van der Waals surface area contributed by atoms with Crippen LogP contribution in [0.4, 0.5) is 0 Å². The molecule has 1 atom stereocenters. The molecular formula is C20H29N5O. The van der Waals surface area contributed by atoms with E-state index < -0.39 is 0 Å². The van der Waals surface area contributed by atoms with Crippen molar-refractivity contribution in [2.45, 2.75) is 52.4 Å². The van der Waals surface area contributed by atoms with Gasteiger partial charge in [-0.2, -0.15) is 0 Å². The molecule has 0 bridgehead atoms. The second-order valence-electron chi connectivity index (χ2n) is 7.25. The van der Waals surface area contributed by atoms with Crippen LogP contribution < -0.4 is 0 Å². The van der Waals surface area contributed by atoms with Crippen LogP contribution in [-0.4, -0.2) is 43.4 Å². The van der Waals surface area contributed by atoms with Gasteiger partial charge in [-0.25, -0.2) is 15.0 Å². The highest BCUT2D eigenvalue weighted by atomic mass is 16.2. The van der Waals surface area contributed by atoms with Crippen LogP contribution in [0.25, 0.3) is 11.5 Å². The molecule has 1 amide bonds. The fourth-order valence-corrected chi connectivity index (χ4v) is 3.79. The lowest BCUT2D eigenvalue weighted by molar-refractivity contribution is -0.137. The van der Waals surface area contributed by atoms with Crippen molar-refractivity contribution in [2.75, 3.05) is 13.1 Å². The molecule has 1 saturated heterocycles. The zero-order valence-corrected chi connectivity index (χ0v) is 16.3. The van der Waals surface area contributed by atoms with Gasteiger partial charge < -0.3 is 9.47 Å². The number of nitrogens with zero attached hydrogens (tertiary/aromatic N) is 5. The maximum Gasteiger partial charge on any atom is 0.225 e. The largest absolute Gasteiger partial charge is 0.342 e. The smallest absolute Gasteiger partial charge is 0.225 e. The van der Waals surface area contributed by atoms with Crippen molar-refractivity contribution in [3.63, 3.8) is 0 Å². The predicted octanol–water partition coefficient (Wildman–Crippen LogP) is 3.33. The van der Waals surface area contributed by atoms with Gasteiger partial charge in [0, 0.05) is 50.1 Å². The first-order valence-corrected chi connectivity index (χ1v) is 9.65. The van der Waals surface area contributed by atoms with Crippen LogP contribution in [0.5, 0.6) is 0 Å². The van der Waals surface area contributed by atoms with Crippen molar-refractivity contribution in [1.82, 2.24) is 24.4 Å². The van der Waals surface area contributed by atoms with Crippen molar-refractivity contribution in [3.8, 4) is 11.5 Å². The third-order valence-corrected chi connectivity index (χ3v) is 5.35. The zero-order chi connectivity index (χ0) is 18.7. The molecule has 0 spiro atoms. The molecule has 0 aliphatic carbocycles. The topological polar surface area (TPSA) is 63.9 Å². The van der Waals surface area contributed by atoms with E-state index in [9.17, 15) is 4.79 Å². The maximum atomic E-state index is 12.8. The molecule has 140 valence electrons. The molecule has 6 heteroatoms. The molecule has 2 aromatic rings. The fourth-order valence-electron chi connectivity index (χ4n) is 3.79. The predicted molar refractivity (Wildman–Crippen MR) is 102 cm³/mol. The van der Waals surface area contributed by atoms with Gasteiger partial charge in [-0.15, -0.1) is 0 Å². The number of aryl methyl sites for hydroxylation is 2. The minimum Gasteiger partial charge on any atom is -0.342 e. The van der Waals surface area contributed by atoms with E-state index in [1.807, 2.05) is 35.7 Å². The van der Waals surface area contributed by atoms with Crippen molar-refractivity contribution in [3.05, 3.63) is 30.0 Å². The highest BCUT2D eigenvalue weighted by Crippen LogP contribution is 2.28. The van der Waals surface area contributed by atoms with Crippen LogP contribution in [0.15, 0.2) is 18.5 Å². The van der Waals surface area contributed by atoms with E-state index in [0.717, 1.165) is 61.8 Å². The Morgan fingerprint density at radius 2 is 2.08 bits per heavy atom. The van der Waals surface area contributed by atoms with Crippen molar-refractivity contribution < 1.29 is 4.79 Å². The van der Waals surface area contributed by atoms with Crippen molar-refractivity contribution in [2.24, 2.45) is 13.0 Å². The van der Waals surface area contributed by atoms with E-state index in [4.69, 9.17) is 4.98 Å². The van der Waals surface area contributed by atoms with Crippen LogP contribution in [0.1, 0.15) is 57.0 Å². The summed E-state index contributed by atoms with van der Waals surface area (Å²) in [4.78, 5) is 28.7. The number of carbonyl (C=O) groups is 1. The molecule has 1 aliphatic rings. The lowest BCUT2D eigenvalue weighted by Gasteiger charge is -2.34. The lowest BCUT2D eigenvalue weighted by atomic mass is 9.94. The number of imidazole rings is 1. The number of likely N-dealkylation sites (tertiary alicyclic amines) is 1. The summed E-state index contributed by atoms with van der Waals surface area (Å²) in [5, 5.41) is 0. The standard InChI is InChI=1S/C20H29N5O/c1-5-15(6-2)20(26)25-10-7-8-16(13-25)18-22-14(3)12-17(23-18)19-21-9-11-24(19)4/h9,11-12,15-16H,5-8,10,13H2,1-4H3. The number of amides is 1. The number of aromatic nitrogens is 4. The van der Waals surface area contributed by atoms with E-state index >= 15 is 0 Å². The molecule has 6 nitrogen and oxygen atoms in total. The molecule has 0 radical (unpaired) electrons. The summed E-state index contributed by atoms with van der Waals surface area (Å²) < 4.78 is 1.97. The summed E-state index contributed by atoms with van der Waals surface area (Å²) in [6.45, 7) is 7.75. The van der Waals surface area contributed by atoms with E-state index in [1.54, 1.807) is 6.20 Å². The average molecular weight is 355 g/mol. The Morgan fingerprint density at radius 3 is 2.73 bits per heavy atom. The Kier molecular flexibility index (Phi) is 5.69. The Bertz CT molecular complexity index is 765. The van der Waals surface area contributed by atoms with Crippen LogP contribution >= 0.6 is 0 Å². The molecule has 1 fully saturated rings. The number of hydrogen-bond acceptors (Lipinski definition) is 4. The summed E-state index contributed by atoms with van der Waals surface area (Å²) in [5.41, 5.74) is 1.79. The minimum absolute atomic E-state index is 0.135. The van der Waals surface area contributed by atoms with E-state index in [1.165, 1.54) is 0 Å². The zero-order valence-electron chi connectivity index (χ0n) is 16.3. The number of piperidine rings is 1. The normalized spacial score (nSPS) is 17.7. The second kappa shape index (κ2) is 7.98. The Balaban J connectivity index is 1.83. The SMILES string of the molecule is CCC(CC)C(=O)N1CCCC(c2nc(C)cc(-c3nccn3C)n2)C1. The molecule has 0 N–H and O–H groups in total. The van der Waals surface area contributed by atoms with Gasteiger partial charge in [-0.05, 0) is 38.7 Å². The Morgan fingerprint density at radius 1 is 1.31 bits per heavy atom. The molecule has 3 rings (SSSR count). The summed E-state index contributed by atoms with van der Waals surface area (Å²) >= 11 is 0. The molecule has 0 aromatic carbocycles. The van der Waals surface area contributed by atoms with Crippen LogP contribution in [0.3, 0.4) is 0 Å². The quantitative estimate of drug-likeness (QED) is 0.825. The van der Waals surface area contributed by atoms with E-state index in [-0.39, 0.29) is 17.7 Å². The summed E-state index contributed by atoms with van der Waals surface area (Å²) in [6, 6.07) is 1.97. The lowest BCUT2D eigenvalue weighted by Crippen LogP contribution is -2.42. The second-order valence-corrected chi connectivity index (χ2v) is 7.25. The van der Waals surface area contributed by atoms with Crippen LogP contribution in [0, 0.1) is 12.8 Å². The maximum absolute atomic E-state index is 12.8. The Hall–Kier alpha value is -2.24. The van der Waals surface area contributed by atoms with Gasteiger partial charge in [0.25, 0.3) is 0 Å².